The van der Waals surface area contributed by atoms with E-state index in [0.29, 0.717) is 6.42 Å². The van der Waals surface area contributed by atoms with Crippen molar-refractivity contribution in [2.75, 3.05) is 6.61 Å². The van der Waals surface area contributed by atoms with E-state index in [1.165, 1.54) is 0 Å². The highest BCUT2D eigenvalue weighted by Crippen LogP contribution is 2.30. The van der Waals surface area contributed by atoms with E-state index in [-0.39, 0.29) is 0 Å². The molecule has 19 heavy (non-hydrogen) atoms. The molecule has 1 saturated heterocycles. The van der Waals surface area contributed by atoms with Gasteiger partial charge in [0.25, 0.3) is 0 Å². The van der Waals surface area contributed by atoms with Crippen LogP contribution >= 0.6 is 0 Å². The highest BCUT2D eigenvalue weighted by molar-refractivity contribution is 5.78. The van der Waals surface area contributed by atoms with Crippen LogP contribution in [0.4, 0.5) is 0 Å². The van der Waals surface area contributed by atoms with Crippen molar-refractivity contribution in [2.45, 2.75) is 37.9 Å². The number of pyridine rings is 1. The Morgan fingerprint density at radius 3 is 2.95 bits per heavy atom. The fourth-order valence-corrected chi connectivity index (χ4v) is 2.70. The Labute approximate surface area is 113 Å². The normalized spacial score (nSPS) is 24.7. The van der Waals surface area contributed by atoms with Crippen molar-refractivity contribution in [1.29, 1.82) is 0 Å². The van der Waals surface area contributed by atoms with E-state index in [1.807, 2.05) is 37.3 Å². The van der Waals surface area contributed by atoms with Crippen LogP contribution in [0.5, 0.6) is 0 Å². The summed E-state index contributed by atoms with van der Waals surface area (Å²) < 4.78 is 5.68. The van der Waals surface area contributed by atoms with Crippen LogP contribution in [0, 0.1) is 0 Å². The molecule has 2 heterocycles. The van der Waals surface area contributed by atoms with E-state index < -0.39 is 11.7 Å². The number of rotatable bonds is 3. The van der Waals surface area contributed by atoms with E-state index in [0.717, 1.165) is 36.0 Å². The summed E-state index contributed by atoms with van der Waals surface area (Å²) in [7, 11) is 0. The van der Waals surface area contributed by atoms with Crippen molar-refractivity contribution >= 4 is 10.9 Å². The zero-order valence-electron chi connectivity index (χ0n) is 11.2. The number of hydrogen-bond acceptors (Lipinski definition) is 3. The van der Waals surface area contributed by atoms with Gasteiger partial charge in [-0.1, -0.05) is 24.3 Å². The van der Waals surface area contributed by atoms with Gasteiger partial charge >= 0.3 is 0 Å². The number of aliphatic hydroxyl groups is 1. The molecule has 2 atom stereocenters. The molecule has 1 aromatic carbocycles. The summed E-state index contributed by atoms with van der Waals surface area (Å²) >= 11 is 0. The van der Waals surface area contributed by atoms with Crippen LogP contribution in [0.3, 0.4) is 0 Å². The molecule has 1 N–H and O–H groups in total. The number of fused-ring (bicyclic) bond motifs is 1. The number of aromatic nitrogens is 1. The Morgan fingerprint density at radius 1 is 1.32 bits per heavy atom. The molecule has 1 aromatic heterocycles. The molecule has 3 heteroatoms. The maximum Gasteiger partial charge on any atom is 0.0916 e. The fraction of sp³-hybridized carbons (Fsp3) is 0.438. The average molecular weight is 257 g/mol. The Morgan fingerprint density at radius 2 is 2.16 bits per heavy atom. The highest BCUT2D eigenvalue weighted by Gasteiger charge is 2.37. The Bertz CT molecular complexity index is 576. The molecule has 3 nitrogen and oxygen atoms in total. The molecule has 2 unspecified atom stereocenters. The third-order valence-corrected chi connectivity index (χ3v) is 4.01. The minimum Gasteiger partial charge on any atom is -0.390 e. The molecule has 0 amide bonds. The first-order valence-corrected chi connectivity index (χ1v) is 6.84. The van der Waals surface area contributed by atoms with Crippen molar-refractivity contribution in [3.05, 3.63) is 42.1 Å². The number of benzene rings is 1. The van der Waals surface area contributed by atoms with Gasteiger partial charge in [0.1, 0.15) is 0 Å². The van der Waals surface area contributed by atoms with Crippen LogP contribution in [-0.2, 0) is 11.2 Å². The van der Waals surface area contributed by atoms with Gasteiger partial charge in [-0.25, -0.2) is 0 Å². The SMILES string of the molecule is CC1(C(O)Cc2ccc3ccccc3n2)CCCO1. The Hall–Kier alpha value is -1.45. The van der Waals surface area contributed by atoms with Crippen LogP contribution in [0.2, 0.25) is 0 Å². The van der Waals surface area contributed by atoms with Gasteiger partial charge in [0.15, 0.2) is 0 Å². The first kappa shape index (κ1) is 12.6. The molecule has 0 radical (unpaired) electrons. The predicted molar refractivity (Wildman–Crippen MR) is 75.0 cm³/mol. The molecule has 0 saturated carbocycles. The molecule has 1 fully saturated rings. The van der Waals surface area contributed by atoms with Gasteiger partial charge in [0.05, 0.1) is 17.2 Å². The molecular weight excluding hydrogens is 238 g/mol. The topological polar surface area (TPSA) is 42.4 Å². The first-order valence-electron chi connectivity index (χ1n) is 6.84. The third kappa shape index (κ3) is 2.48. The molecule has 1 aliphatic rings. The lowest BCUT2D eigenvalue weighted by molar-refractivity contribution is -0.0771. The number of aliphatic hydroxyl groups excluding tert-OH is 1. The summed E-state index contributed by atoms with van der Waals surface area (Å²) in [4.78, 5) is 4.60. The van der Waals surface area contributed by atoms with Crippen molar-refractivity contribution < 1.29 is 9.84 Å². The quantitative estimate of drug-likeness (QED) is 0.919. The average Bonchev–Trinajstić information content (AvgIpc) is 2.87. The zero-order chi connectivity index (χ0) is 13.3. The lowest BCUT2D eigenvalue weighted by Crippen LogP contribution is -2.40. The Balaban J connectivity index is 1.81. The second-order valence-electron chi connectivity index (χ2n) is 5.48. The summed E-state index contributed by atoms with van der Waals surface area (Å²) in [6, 6.07) is 12.1. The zero-order valence-corrected chi connectivity index (χ0v) is 11.2. The maximum absolute atomic E-state index is 10.4. The third-order valence-electron chi connectivity index (χ3n) is 4.01. The van der Waals surface area contributed by atoms with E-state index >= 15 is 0 Å². The molecule has 0 bridgehead atoms. The van der Waals surface area contributed by atoms with Crippen molar-refractivity contribution in [2.24, 2.45) is 0 Å². The molecule has 100 valence electrons. The number of para-hydroxylation sites is 1. The van der Waals surface area contributed by atoms with Gasteiger partial charge < -0.3 is 9.84 Å². The largest absolute Gasteiger partial charge is 0.390 e. The van der Waals surface area contributed by atoms with Crippen LogP contribution in [0.1, 0.15) is 25.5 Å². The number of ether oxygens (including phenoxy) is 1. The van der Waals surface area contributed by atoms with Crippen molar-refractivity contribution in [1.82, 2.24) is 4.98 Å². The molecule has 3 rings (SSSR count). The van der Waals surface area contributed by atoms with Gasteiger partial charge in [-0.2, -0.15) is 0 Å². The monoisotopic (exact) mass is 257 g/mol. The minimum atomic E-state index is -0.497. The van der Waals surface area contributed by atoms with Crippen LogP contribution in [-0.4, -0.2) is 28.4 Å². The molecule has 1 aliphatic heterocycles. The second kappa shape index (κ2) is 4.91. The first-order chi connectivity index (χ1) is 9.17. The predicted octanol–water partition coefficient (Wildman–Crippen LogP) is 2.71. The van der Waals surface area contributed by atoms with E-state index in [1.54, 1.807) is 0 Å². The molecule has 0 spiro atoms. The summed E-state index contributed by atoms with van der Waals surface area (Å²) in [5.41, 5.74) is 1.49. The van der Waals surface area contributed by atoms with E-state index in [4.69, 9.17) is 4.74 Å². The molecule has 2 aromatic rings. The summed E-state index contributed by atoms with van der Waals surface area (Å²) in [5.74, 6) is 0. The second-order valence-corrected chi connectivity index (χ2v) is 5.48. The van der Waals surface area contributed by atoms with E-state index in [9.17, 15) is 5.11 Å². The molecular formula is C16H19NO2. The van der Waals surface area contributed by atoms with Crippen LogP contribution in [0.15, 0.2) is 36.4 Å². The van der Waals surface area contributed by atoms with Gasteiger partial charge in [0, 0.05) is 24.1 Å². The standard InChI is InChI=1S/C16H19NO2/c1-16(9-4-10-19-16)15(18)11-13-8-7-12-5-2-3-6-14(12)17-13/h2-3,5-8,15,18H,4,9-11H2,1H3. The lowest BCUT2D eigenvalue weighted by atomic mass is 9.92. The van der Waals surface area contributed by atoms with Crippen LogP contribution < -0.4 is 0 Å². The fourth-order valence-electron chi connectivity index (χ4n) is 2.70. The van der Waals surface area contributed by atoms with E-state index in [2.05, 4.69) is 11.1 Å². The van der Waals surface area contributed by atoms with Crippen molar-refractivity contribution in [3.8, 4) is 0 Å². The Kier molecular flexibility index (Phi) is 3.25. The van der Waals surface area contributed by atoms with Gasteiger partial charge in [0.2, 0.25) is 0 Å². The summed E-state index contributed by atoms with van der Waals surface area (Å²) in [6.07, 6.45) is 1.99. The summed E-state index contributed by atoms with van der Waals surface area (Å²) in [5, 5.41) is 11.5. The van der Waals surface area contributed by atoms with Gasteiger partial charge in [-0.05, 0) is 31.9 Å². The highest BCUT2D eigenvalue weighted by atomic mass is 16.5. The maximum atomic E-state index is 10.4. The lowest BCUT2D eigenvalue weighted by Gasteiger charge is -2.29. The smallest absolute Gasteiger partial charge is 0.0916 e. The van der Waals surface area contributed by atoms with Crippen LogP contribution in [0.25, 0.3) is 10.9 Å². The molecule has 0 aliphatic carbocycles. The summed E-state index contributed by atoms with van der Waals surface area (Å²) in [6.45, 7) is 2.74. The number of nitrogens with zero attached hydrogens (tertiary/aromatic N) is 1. The minimum absolute atomic E-state index is 0.409. The number of hydrogen-bond donors (Lipinski definition) is 1. The van der Waals surface area contributed by atoms with Crippen molar-refractivity contribution in [3.63, 3.8) is 0 Å². The van der Waals surface area contributed by atoms with Gasteiger partial charge in [-0.3, -0.25) is 4.98 Å². The van der Waals surface area contributed by atoms with Gasteiger partial charge in [-0.15, -0.1) is 0 Å².